The molecule has 0 aliphatic rings. The lowest BCUT2D eigenvalue weighted by molar-refractivity contribution is 0.147. The maximum Gasteiger partial charge on any atom is 0.0540 e. The molecule has 340 valence electrons. The van der Waals surface area contributed by atoms with Gasteiger partial charge in [-0.2, -0.15) is 0 Å². The van der Waals surface area contributed by atoms with Crippen molar-refractivity contribution in [2.45, 2.75) is 336 Å². The van der Waals surface area contributed by atoms with E-state index in [0.717, 1.165) is 12.8 Å². The molecule has 0 aromatic rings. The lowest BCUT2D eigenvalue weighted by Gasteiger charge is -2.13. The molecular formula is C54H112O2. The summed E-state index contributed by atoms with van der Waals surface area (Å²) in [6.45, 7) is 9.55. The van der Waals surface area contributed by atoms with Gasteiger partial charge >= 0.3 is 0 Å². The predicted octanol–water partition coefficient (Wildman–Crippen LogP) is 19.4. The monoisotopic (exact) mass is 793 g/mol. The zero-order valence-electron chi connectivity index (χ0n) is 40.0. The van der Waals surface area contributed by atoms with Crippen LogP contribution < -0.4 is 0 Å². The zero-order chi connectivity index (χ0) is 41.1. The van der Waals surface area contributed by atoms with Gasteiger partial charge in [0.2, 0.25) is 0 Å². The third kappa shape index (κ3) is 53.9. The molecule has 0 amide bonds. The highest BCUT2D eigenvalue weighted by atomic mass is 16.3. The lowest BCUT2D eigenvalue weighted by Crippen LogP contribution is -2.06. The van der Waals surface area contributed by atoms with Gasteiger partial charge in [-0.15, -0.1) is 0 Å². The Hall–Kier alpha value is -0.0800. The van der Waals surface area contributed by atoms with Crippen molar-refractivity contribution in [1.29, 1.82) is 0 Å². The molecule has 56 heavy (non-hydrogen) atoms. The summed E-state index contributed by atoms with van der Waals surface area (Å²) in [5.41, 5.74) is 0. The van der Waals surface area contributed by atoms with Gasteiger partial charge in [-0.3, -0.25) is 0 Å². The summed E-state index contributed by atoms with van der Waals surface area (Å²) in [4.78, 5) is 0. The van der Waals surface area contributed by atoms with Gasteiger partial charge in [0.1, 0.15) is 0 Å². The second-order valence-electron chi connectivity index (χ2n) is 18.6. The summed E-state index contributed by atoms with van der Waals surface area (Å²) < 4.78 is 0. The van der Waals surface area contributed by atoms with Gasteiger partial charge in [-0.25, -0.2) is 0 Å². The van der Waals surface area contributed by atoms with Crippen LogP contribution in [0.25, 0.3) is 0 Å². The van der Waals surface area contributed by atoms with Crippen LogP contribution in [0.2, 0.25) is 0 Å². The van der Waals surface area contributed by atoms with Gasteiger partial charge in [-0.05, 0) is 31.6 Å². The quantitative estimate of drug-likeness (QED) is 0.0603. The number of aliphatic hydroxyl groups excluding tert-OH is 2. The van der Waals surface area contributed by atoms with Crippen molar-refractivity contribution in [2.75, 3.05) is 6.61 Å². The second kappa shape index (κ2) is 54.9. The minimum atomic E-state index is -0.0331. The molecule has 2 nitrogen and oxygen atoms in total. The number of hydrogen-bond donors (Lipinski definition) is 2. The normalized spacial score (nSPS) is 12.5. The first-order valence-corrected chi connectivity index (χ1v) is 26.9. The SMILES string of the molecule is CCCCCCCCCCC(CO)CCCCCCCC.CCCCCCCCCCCCCCCCCC(O)CCCCCCCCCCCCCCCC. The summed E-state index contributed by atoms with van der Waals surface area (Å²) in [5.74, 6) is 0.580. The topological polar surface area (TPSA) is 40.5 Å². The van der Waals surface area contributed by atoms with Crippen molar-refractivity contribution in [3.63, 3.8) is 0 Å². The average molecular weight is 793 g/mol. The maximum absolute atomic E-state index is 10.2. The summed E-state index contributed by atoms with van der Waals surface area (Å²) in [6.07, 6.45) is 64.8. The molecule has 2 atom stereocenters. The van der Waals surface area contributed by atoms with Crippen LogP contribution in [0.5, 0.6) is 0 Å². The number of hydrogen-bond acceptors (Lipinski definition) is 2. The van der Waals surface area contributed by atoms with Crippen LogP contribution in [0.4, 0.5) is 0 Å². The Balaban J connectivity index is 0. The minimum Gasteiger partial charge on any atom is -0.396 e. The summed E-state index contributed by atoms with van der Waals surface area (Å²) in [6, 6.07) is 0. The average Bonchev–Trinajstić information content (AvgIpc) is 3.21. The predicted molar refractivity (Wildman–Crippen MR) is 256 cm³/mol. The smallest absolute Gasteiger partial charge is 0.0540 e. The third-order valence-corrected chi connectivity index (χ3v) is 12.7. The Morgan fingerprint density at radius 2 is 0.393 bits per heavy atom. The van der Waals surface area contributed by atoms with Crippen LogP contribution in [-0.4, -0.2) is 22.9 Å². The van der Waals surface area contributed by atoms with E-state index < -0.39 is 0 Å². The van der Waals surface area contributed by atoms with Crippen LogP contribution in [0.1, 0.15) is 329 Å². The molecule has 0 radical (unpaired) electrons. The Labute approximate surface area is 357 Å². The van der Waals surface area contributed by atoms with E-state index >= 15 is 0 Å². The van der Waals surface area contributed by atoms with Gasteiger partial charge in [0.05, 0.1) is 6.10 Å². The molecule has 0 saturated heterocycles. The summed E-state index contributed by atoms with van der Waals surface area (Å²) >= 11 is 0. The van der Waals surface area contributed by atoms with E-state index in [1.165, 1.54) is 289 Å². The van der Waals surface area contributed by atoms with E-state index in [2.05, 4.69) is 27.7 Å². The van der Waals surface area contributed by atoms with Crippen LogP contribution in [0, 0.1) is 5.92 Å². The summed E-state index contributed by atoms with van der Waals surface area (Å²) in [5, 5.41) is 19.7. The van der Waals surface area contributed by atoms with Crippen molar-refractivity contribution >= 4 is 0 Å². The van der Waals surface area contributed by atoms with E-state index in [1.54, 1.807) is 0 Å². The molecule has 2 heteroatoms. The largest absolute Gasteiger partial charge is 0.396 e. The van der Waals surface area contributed by atoms with Gasteiger partial charge in [0.15, 0.2) is 0 Å². The summed E-state index contributed by atoms with van der Waals surface area (Å²) in [7, 11) is 0. The van der Waals surface area contributed by atoms with Crippen LogP contribution in [-0.2, 0) is 0 Å². The Bertz CT molecular complexity index is 634. The number of aliphatic hydroxyl groups is 2. The molecule has 2 N–H and O–H groups in total. The molecule has 0 heterocycles. The van der Waals surface area contributed by atoms with Crippen molar-refractivity contribution in [2.24, 2.45) is 5.92 Å². The maximum atomic E-state index is 10.2. The van der Waals surface area contributed by atoms with Crippen molar-refractivity contribution in [3.8, 4) is 0 Å². The third-order valence-electron chi connectivity index (χ3n) is 12.7. The molecule has 0 aromatic heterocycles. The van der Waals surface area contributed by atoms with E-state index in [9.17, 15) is 10.2 Å². The fourth-order valence-corrected chi connectivity index (χ4v) is 8.58. The first kappa shape index (κ1) is 58.0. The highest BCUT2D eigenvalue weighted by Crippen LogP contribution is 2.20. The van der Waals surface area contributed by atoms with Gasteiger partial charge < -0.3 is 10.2 Å². The Morgan fingerprint density at radius 1 is 0.232 bits per heavy atom. The van der Waals surface area contributed by atoms with E-state index in [-0.39, 0.29) is 6.10 Å². The molecule has 0 bridgehead atoms. The second-order valence-corrected chi connectivity index (χ2v) is 18.6. The van der Waals surface area contributed by atoms with Crippen LogP contribution in [0.15, 0.2) is 0 Å². The molecule has 2 unspecified atom stereocenters. The Morgan fingerprint density at radius 3 is 0.571 bits per heavy atom. The lowest BCUT2D eigenvalue weighted by atomic mass is 9.95. The van der Waals surface area contributed by atoms with E-state index in [0.29, 0.717) is 12.5 Å². The first-order chi connectivity index (χ1) is 27.7. The van der Waals surface area contributed by atoms with Gasteiger partial charge in [0.25, 0.3) is 0 Å². The molecule has 0 aliphatic heterocycles. The molecule has 0 spiro atoms. The van der Waals surface area contributed by atoms with Crippen LogP contribution in [0.3, 0.4) is 0 Å². The Kier molecular flexibility index (Phi) is 56.9. The highest BCUT2D eigenvalue weighted by Gasteiger charge is 2.07. The zero-order valence-corrected chi connectivity index (χ0v) is 40.0. The molecular weight excluding hydrogens is 681 g/mol. The minimum absolute atomic E-state index is 0.0331. The molecule has 0 aromatic carbocycles. The van der Waals surface area contributed by atoms with Gasteiger partial charge in [0, 0.05) is 6.61 Å². The van der Waals surface area contributed by atoms with E-state index in [4.69, 9.17) is 0 Å². The fourth-order valence-electron chi connectivity index (χ4n) is 8.58. The van der Waals surface area contributed by atoms with E-state index in [1.807, 2.05) is 0 Å². The molecule has 0 rings (SSSR count). The molecule has 0 fully saturated rings. The van der Waals surface area contributed by atoms with Crippen molar-refractivity contribution in [3.05, 3.63) is 0 Å². The van der Waals surface area contributed by atoms with Gasteiger partial charge in [-0.1, -0.05) is 304 Å². The number of unbranched alkanes of at least 4 members (excludes halogenated alkanes) is 39. The first-order valence-electron chi connectivity index (χ1n) is 26.9. The molecule has 0 aliphatic carbocycles. The van der Waals surface area contributed by atoms with Crippen LogP contribution >= 0.6 is 0 Å². The molecule has 0 saturated carbocycles. The van der Waals surface area contributed by atoms with Crippen molar-refractivity contribution < 1.29 is 10.2 Å². The van der Waals surface area contributed by atoms with Crippen molar-refractivity contribution in [1.82, 2.24) is 0 Å². The standard InChI is InChI=1S/C34H70O.C20H42O/c1-3-5-7-9-11-13-15-17-19-21-23-25-27-29-31-33-34(35)32-30-28-26-24-22-20-18-16-14-12-10-8-6-4-2;1-3-5-7-9-11-12-14-16-18-20(19-21)17-15-13-10-8-6-4-2/h34-35H,3-33H2,1-2H3;20-21H,3-19H2,1-2H3. The highest BCUT2D eigenvalue weighted by molar-refractivity contribution is 4.60. The fraction of sp³-hybridized carbons (Fsp3) is 1.00. The number of rotatable bonds is 48.